The van der Waals surface area contributed by atoms with Crippen molar-refractivity contribution < 1.29 is 13.2 Å². The van der Waals surface area contributed by atoms with Crippen LogP contribution in [-0.4, -0.2) is 34.5 Å². The van der Waals surface area contributed by atoms with E-state index >= 15 is 0 Å². The number of nitrogens with zero attached hydrogens (tertiary/aromatic N) is 4. The first-order valence-corrected chi connectivity index (χ1v) is 12.0. The number of allylic oxidation sites excluding steroid dienone is 4. The molecule has 1 amide bonds. The van der Waals surface area contributed by atoms with Crippen LogP contribution in [-0.2, 0) is 14.6 Å². The van der Waals surface area contributed by atoms with Gasteiger partial charge < -0.3 is 0 Å². The maximum atomic E-state index is 13.4. The number of amides is 1. The number of hydrogen-bond donors (Lipinski definition) is 0. The molecule has 2 aromatic rings. The van der Waals surface area contributed by atoms with Gasteiger partial charge in [0.25, 0.3) is 0 Å². The van der Waals surface area contributed by atoms with Gasteiger partial charge in [0.15, 0.2) is 9.84 Å². The maximum Gasteiger partial charge on any atom is 0.237 e. The SMILES string of the molecule is Cc1ncc(C2=CCC3C(=C2)N(c2cncc(S(=O)(=O)C4CC4)c2)C(=O)C3(C)C)cn1. The summed E-state index contributed by atoms with van der Waals surface area (Å²) in [7, 11) is -3.40. The summed E-state index contributed by atoms with van der Waals surface area (Å²) >= 11 is 0. The van der Waals surface area contributed by atoms with Crippen LogP contribution in [0.25, 0.3) is 5.57 Å². The molecular formula is C23H24N4O3S. The molecule has 1 saturated carbocycles. The number of aromatic nitrogens is 3. The number of sulfone groups is 1. The van der Waals surface area contributed by atoms with E-state index in [2.05, 4.69) is 21.0 Å². The quantitative estimate of drug-likeness (QED) is 0.729. The predicted molar refractivity (Wildman–Crippen MR) is 117 cm³/mol. The number of carbonyl (C=O) groups is 1. The first kappa shape index (κ1) is 20.1. The molecule has 31 heavy (non-hydrogen) atoms. The Labute approximate surface area is 181 Å². The fourth-order valence-corrected chi connectivity index (χ4v) is 6.02. The second-order valence-electron chi connectivity index (χ2n) is 9.02. The molecule has 0 spiro atoms. The van der Waals surface area contributed by atoms with Crippen LogP contribution in [0.4, 0.5) is 5.69 Å². The van der Waals surface area contributed by atoms with Crippen LogP contribution in [0.1, 0.15) is 44.5 Å². The monoisotopic (exact) mass is 436 g/mol. The lowest BCUT2D eigenvalue weighted by Crippen LogP contribution is -2.31. The van der Waals surface area contributed by atoms with Gasteiger partial charge in [-0.3, -0.25) is 14.7 Å². The van der Waals surface area contributed by atoms with Gasteiger partial charge in [-0.1, -0.05) is 19.9 Å². The molecule has 1 aliphatic heterocycles. The summed E-state index contributed by atoms with van der Waals surface area (Å²) in [5, 5.41) is -0.326. The van der Waals surface area contributed by atoms with E-state index in [0.717, 1.165) is 16.8 Å². The van der Waals surface area contributed by atoms with Gasteiger partial charge >= 0.3 is 0 Å². The number of hydrogen-bond acceptors (Lipinski definition) is 6. The largest absolute Gasteiger partial charge is 0.282 e. The summed E-state index contributed by atoms with van der Waals surface area (Å²) in [6, 6.07) is 1.59. The second-order valence-corrected chi connectivity index (χ2v) is 11.2. The highest BCUT2D eigenvalue weighted by molar-refractivity contribution is 7.92. The third-order valence-electron chi connectivity index (χ3n) is 6.48. The number of pyridine rings is 1. The number of rotatable bonds is 4. The Hall–Kier alpha value is -2.87. The van der Waals surface area contributed by atoms with E-state index in [1.165, 1.54) is 6.20 Å². The van der Waals surface area contributed by atoms with E-state index < -0.39 is 15.3 Å². The van der Waals surface area contributed by atoms with Crippen LogP contribution < -0.4 is 4.90 Å². The van der Waals surface area contributed by atoms with E-state index in [4.69, 9.17) is 0 Å². The van der Waals surface area contributed by atoms with Crippen molar-refractivity contribution in [3.8, 4) is 0 Å². The van der Waals surface area contributed by atoms with Crippen LogP contribution in [0.2, 0.25) is 0 Å². The van der Waals surface area contributed by atoms with Gasteiger partial charge in [-0.15, -0.1) is 0 Å². The second kappa shape index (κ2) is 6.82. The molecule has 2 aliphatic carbocycles. The highest BCUT2D eigenvalue weighted by Gasteiger charge is 2.51. The van der Waals surface area contributed by atoms with Crippen molar-refractivity contribution in [3.63, 3.8) is 0 Å². The minimum absolute atomic E-state index is 0.00110. The molecule has 2 fully saturated rings. The Morgan fingerprint density at radius 2 is 1.81 bits per heavy atom. The van der Waals surface area contributed by atoms with E-state index in [1.54, 1.807) is 29.6 Å². The standard InChI is InChI=1S/C23H24N4O3S/c1-14-25-10-16(11-26-14)15-4-7-20-21(8-15)27(22(28)23(20,2)3)17-9-19(13-24-12-17)31(29,30)18-5-6-18/h4,8-13,18,20H,5-7H2,1-3H3. The van der Waals surface area contributed by atoms with Crippen LogP contribution >= 0.6 is 0 Å². The van der Waals surface area contributed by atoms with Crippen molar-refractivity contribution in [2.75, 3.05) is 4.90 Å². The summed E-state index contributed by atoms with van der Waals surface area (Å²) in [5.74, 6) is 0.643. The Balaban J connectivity index is 1.59. The number of aryl methyl sites for hydroxylation is 1. The van der Waals surface area contributed by atoms with Crippen LogP contribution in [0.15, 0.2) is 53.6 Å². The molecule has 160 valence electrons. The van der Waals surface area contributed by atoms with Gasteiger partial charge in [-0.05, 0) is 43.9 Å². The smallest absolute Gasteiger partial charge is 0.237 e. The molecule has 1 atom stereocenters. The molecule has 0 radical (unpaired) electrons. The van der Waals surface area contributed by atoms with Crippen molar-refractivity contribution in [1.82, 2.24) is 15.0 Å². The van der Waals surface area contributed by atoms with Gasteiger partial charge in [-0.25, -0.2) is 18.4 Å². The summed E-state index contributed by atoms with van der Waals surface area (Å²) in [4.78, 5) is 28.0. The number of fused-ring (bicyclic) bond motifs is 1. The molecule has 8 heteroatoms. The van der Waals surface area contributed by atoms with E-state index in [0.29, 0.717) is 30.8 Å². The Morgan fingerprint density at radius 3 is 2.48 bits per heavy atom. The Kier molecular flexibility index (Phi) is 4.41. The van der Waals surface area contributed by atoms with Gasteiger partial charge in [0.1, 0.15) is 5.82 Å². The Morgan fingerprint density at radius 1 is 1.10 bits per heavy atom. The Bertz CT molecular complexity index is 1240. The van der Waals surface area contributed by atoms with Crippen molar-refractivity contribution in [3.05, 3.63) is 60.1 Å². The van der Waals surface area contributed by atoms with Crippen LogP contribution in [0, 0.1) is 18.3 Å². The maximum absolute atomic E-state index is 13.4. The molecule has 0 N–H and O–H groups in total. The van der Waals surface area contributed by atoms with Crippen LogP contribution in [0.3, 0.4) is 0 Å². The van der Waals surface area contributed by atoms with Crippen LogP contribution in [0.5, 0.6) is 0 Å². The predicted octanol–water partition coefficient (Wildman–Crippen LogP) is 3.48. The first-order chi connectivity index (χ1) is 14.7. The minimum Gasteiger partial charge on any atom is -0.282 e. The molecular weight excluding hydrogens is 412 g/mol. The van der Waals surface area contributed by atoms with E-state index in [1.807, 2.05) is 26.8 Å². The summed E-state index contributed by atoms with van der Waals surface area (Å²) < 4.78 is 25.5. The zero-order chi connectivity index (χ0) is 22.0. The van der Waals surface area contributed by atoms with Gasteiger partial charge in [-0.2, -0.15) is 0 Å². The third kappa shape index (κ3) is 3.20. The van der Waals surface area contributed by atoms with E-state index in [9.17, 15) is 13.2 Å². The third-order valence-corrected chi connectivity index (χ3v) is 8.71. The average Bonchev–Trinajstić information content (AvgIpc) is 3.58. The summed E-state index contributed by atoms with van der Waals surface area (Å²) in [6.07, 6.45) is 12.7. The minimum atomic E-state index is -3.40. The lowest BCUT2D eigenvalue weighted by atomic mass is 9.75. The summed E-state index contributed by atoms with van der Waals surface area (Å²) in [6.45, 7) is 5.73. The first-order valence-electron chi connectivity index (χ1n) is 10.4. The van der Waals surface area contributed by atoms with Crippen molar-refractivity contribution >= 4 is 27.0 Å². The number of carbonyl (C=O) groups excluding carboxylic acids is 1. The van der Waals surface area contributed by atoms with Crippen molar-refractivity contribution in [2.45, 2.75) is 50.2 Å². The molecule has 5 rings (SSSR count). The zero-order valence-electron chi connectivity index (χ0n) is 17.7. The fourth-order valence-electron chi connectivity index (χ4n) is 4.39. The molecule has 3 heterocycles. The van der Waals surface area contributed by atoms with E-state index in [-0.39, 0.29) is 22.0 Å². The average molecular weight is 437 g/mol. The highest BCUT2D eigenvalue weighted by atomic mass is 32.2. The summed E-state index contributed by atoms with van der Waals surface area (Å²) in [5.41, 5.74) is 2.59. The normalized spacial score (nSPS) is 22.7. The van der Waals surface area contributed by atoms with Gasteiger partial charge in [0.2, 0.25) is 5.91 Å². The molecule has 2 aromatic heterocycles. The van der Waals surface area contributed by atoms with Crippen molar-refractivity contribution in [2.24, 2.45) is 11.3 Å². The highest BCUT2D eigenvalue weighted by Crippen LogP contribution is 2.50. The molecule has 3 aliphatic rings. The van der Waals surface area contributed by atoms with Gasteiger partial charge in [0, 0.05) is 35.8 Å². The van der Waals surface area contributed by atoms with Crippen molar-refractivity contribution in [1.29, 1.82) is 0 Å². The molecule has 1 unspecified atom stereocenters. The molecule has 0 aromatic carbocycles. The topological polar surface area (TPSA) is 93.1 Å². The number of anilines is 1. The molecule has 7 nitrogen and oxygen atoms in total. The molecule has 1 saturated heterocycles. The zero-order valence-corrected chi connectivity index (χ0v) is 18.6. The van der Waals surface area contributed by atoms with Gasteiger partial charge in [0.05, 0.1) is 27.4 Å². The fraction of sp³-hybridized carbons (Fsp3) is 0.391. The lowest BCUT2D eigenvalue weighted by Gasteiger charge is -2.26. The molecule has 0 bridgehead atoms. The lowest BCUT2D eigenvalue weighted by molar-refractivity contribution is -0.125.